The number of aromatic nitrogens is 4. The van der Waals surface area contributed by atoms with Gasteiger partial charge in [-0.1, -0.05) is 12.1 Å². The van der Waals surface area contributed by atoms with Crippen LogP contribution >= 0.6 is 0 Å². The molecule has 1 aromatic carbocycles. The first-order valence-electron chi connectivity index (χ1n) is 12.7. The summed E-state index contributed by atoms with van der Waals surface area (Å²) in [5.74, 6) is -0.103. The average molecular weight is 546 g/mol. The zero-order chi connectivity index (χ0) is 27.9. The maximum Gasteiger partial charge on any atom is 0.410 e. The van der Waals surface area contributed by atoms with E-state index < -0.39 is 24.2 Å². The minimum atomic E-state index is -4.58. The van der Waals surface area contributed by atoms with Crippen molar-refractivity contribution >= 4 is 23.3 Å². The molecule has 3 aromatic rings. The molecule has 0 saturated carbocycles. The van der Waals surface area contributed by atoms with Crippen molar-refractivity contribution in [3.8, 4) is 5.75 Å². The molecule has 4 heterocycles. The Morgan fingerprint density at radius 2 is 1.90 bits per heavy atom. The molecular formula is C26H30F3N7O3. The highest BCUT2D eigenvalue weighted by molar-refractivity contribution is 6.04. The Balaban J connectivity index is 1.37. The van der Waals surface area contributed by atoms with Crippen LogP contribution in [0.15, 0.2) is 30.3 Å². The number of rotatable bonds is 6. The number of aryl methyl sites for hydroxylation is 1. The quantitative estimate of drug-likeness (QED) is 0.480. The predicted octanol–water partition coefficient (Wildman–Crippen LogP) is 4.24. The van der Waals surface area contributed by atoms with Gasteiger partial charge in [0, 0.05) is 25.6 Å². The van der Waals surface area contributed by atoms with Crippen LogP contribution in [0.1, 0.15) is 58.8 Å². The molecule has 1 fully saturated rings. The Morgan fingerprint density at radius 3 is 2.59 bits per heavy atom. The fraction of sp³-hybridized carbons (Fsp3) is 0.462. The molecule has 13 heteroatoms. The van der Waals surface area contributed by atoms with Crippen molar-refractivity contribution in [2.24, 2.45) is 0 Å². The third-order valence-corrected chi connectivity index (χ3v) is 7.28. The van der Waals surface area contributed by atoms with Crippen LogP contribution < -0.4 is 15.4 Å². The predicted molar refractivity (Wildman–Crippen MR) is 137 cm³/mol. The summed E-state index contributed by atoms with van der Waals surface area (Å²) < 4.78 is 49.8. The molecule has 2 amide bonds. The molecule has 208 valence electrons. The Bertz CT molecular complexity index is 1390. The number of methoxy groups -OCH3 is 1. The number of halogens is 3. The maximum atomic E-state index is 14.1. The van der Waals surface area contributed by atoms with Crippen LogP contribution in [0.3, 0.4) is 0 Å². The van der Waals surface area contributed by atoms with Crippen LogP contribution in [0.4, 0.5) is 24.7 Å². The first-order valence-corrected chi connectivity index (χ1v) is 12.7. The highest BCUT2D eigenvalue weighted by atomic mass is 19.4. The van der Waals surface area contributed by atoms with Crippen molar-refractivity contribution < 1.29 is 27.5 Å². The number of nitrogens with zero attached hydrogens (tertiary/aromatic N) is 5. The Kier molecular flexibility index (Phi) is 7.00. The van der Waals surface area contributed by atoms with E-state index >= 15 is 0 Å². The zero-order valence-electron chi connectivity index (χ0n) is 21.9. The van der Waals surface area contributed by atoms with Crippen molar-refractivity contribution in [2.45, 2.75) is 57.9 Å². The van der Waals surface area contributed by atoms with Gasteiger partial charge in [0.25, 0.3) is 5.91 Å². The fourth-order valence-electron chi connectivity index (χ4n) is 5.17. The number of alkyl halides is 3. The summed E-state index contributed by atoms with van der Waals surface area (Å²) in [5, 5.41) is 14.2. The lowest BCUT2D eigenvalue weighted by atomic mass is 9.97. The van der Waals surface area contributed by atoms with Gasteiger partial charge in [-0.15, -0.1) is 0 Å². The molecule has 2 aliphatic rings. The number of fused-ring (bicyclic) bond motifs is 1. The number of likely N-dealkylation sites (tertiary alicyclic amines) is 1. The minimum absolute atomic E-state index is 0.0458. The molecule has 0 aliphatic carbocycles. The van der Waals surface area contributed by atoms with E-state index in [-0.39, 0.29) is 30.4 Å². The number of carbonyl (C=O) groups is 2. The van der Waals surface area contributed by atoms with Gasteiger partial charge in [-0.2, -0.15) is 23.4 Å². The molecule has 2 atom stereocenters. The third-order valence-electron chi connectivity index (χ3n) is 7.28. The van der Waals surface area contributed by atoms with Crippen LogP contribution in [0.25, 0.3) is 0 Å². The van der Waals surface area contributed by atoms with Gasteiger partial charge in [-0.05, 0) is 44.4 Å². The maximum absolute atomic E-state index is 14.1. The van der Waals surface area contributed by atoms with Crippen molar-refractivity contribution in [2.75, 3.05) is 30.8 Å². The minimum Gasteiger partial charge on any atom is -0.497 e. The number of nitrogens with one attached hydrogen (secondary N) is 2. The van der Waals surface area contributed by atoms with Gasteiger partial charge in [-0.3, -0.25) is 14.3 Å². The molecule has 0 bridgehead atoms. The summed E-state index contributed by atoms with van der Waals surface area (Å²) in [6.07, 6.45) is -2.93. The van der Waals surface area contributed by atoms with Crippen LogP contribution in [0.5, 0.6) is 5.75 Å². The lowest BCUT2D eigenvalue weighted by Crippen LogP contribution is -2.35. The SMILES string of the molecule is COc1cccc([C@@H]2C[C@H](C(F)(F)F)n3nc(C(=O)Nc4c(C)nn(CC(=O)N5CCCC5)c4C)cc3N2)c1. The van der Waals surface area contributed by atoms with Crippen molar-refractivity contribution in [3.63, 3.8) is 0 Å². The second kappa shape index (κ2) is 10.3. The lowest BCUT2D eigenvalue weighted by molar-refractivity contribution is -0.173. The van der Waals surface area contributed by atoms with Gasteiger partial charge in [0.05, 0.1) is 30.2 Å². The first kappa shape index (κ1) is 26.6. The largest absolute Gasteiger partial charge is 0.497 e. The monoisotopic (exact) mass is 545 g/mol. The van der Waals surface area contributed by atoms with E-state index in [9.17, 15) is 22.8 Å². The van der Waals surface area contributed by atoms with Crippen LogP contribution in [0, 0.1) is 13.8 Å². The van der Waals surface area contributed by atoms with E-state index in [0.29, 0.717) is 28.4 Å². The lowest BCUT2D eigenvalue weighted by Gasteiger charge is -2.33. The highest BCUT2D eigenvalue weighted by Crippen LogP contribution is 2.44. The van der Waals surface area contributed by atoms with Gasteiger partial charge >= 0.3 is 6.18 Å². The Morgan fingerprint density at radius 1 is 1.15 bits per heavy atom. The summed E-state index contributed by atoms with van der Waals surface area (Å²) in [6, 6.07) is 5.57. The van der Waals surface area contributed by atoms with Gasteiger partial charge in [-0.25, -0.2) is 4.68 Å². The second-order valence-electron chi connectivity index (χ2n) is 9.87. The summed E-state index contributed by atoms with van der Waals surface area (Å²) in [6.45, 7) is 4.91. The van der Waals surface area contributed by atoms with Crippen molar-refractivity contribution in [3.05, 3.63) is 53.0 Å². The second-order valence-corrected chi connectivity index (χ2v) is 9.87. The summed E-state index contributed by atoms with van der Waals surface area (Å²) >= 11 is 0. The molecule has 5 rings (SSSR count). The topological polar surface area (TPSA) is 106 Å². The van der Waals surface area contributed by atoms with Crippen molar-refractivity contribution in [1.82, 2.24) is 24.5 Å². The van der Waals surface area contributed by atoms with E-state index in [4.69, 9.17) is 4.74 Å². The highest BCUT2D eigenvalue weighted by Gasteiger charge is 2.47. The molecule has 2 N–H and O–H groups in total. The summed E-state index contributed by atoms with van der Waals surface area (Å²) in [7, 11) is 1.49. The Labute approximate surface area is 223 Å². The van der Waals surface area contributed by atoms with Gasteiger partial charge in [0.2, 0.25) is 5.91 Å². The molecule has 0 unspecified atom stereocenters. The van der Waals surface area contributed by atoms with E-state index in [2.05, 4.69) is 20.8 Å². The molecule has 1 saturated heterocycles. The molecule has 39 heavy (non-hydrogen) atoms. The van der Waals surface area contributed by atoms with Gasteiger partial charge < -0.3 is 20.3 Å². The smallest absolute Gasteiger partial charge is 0.410 e. The number of hydrogen-bond acceptors (Lipinski definition) is 6. The molecule has 0 spiro atoms. The molecule has 2 aromatic heterocycles. The fourth-order valence-corrected chi connectivity index (χ4v) is 5.17. The van der Waals surface area contributed by atoms with E-state index in [1.165, 1.54) is 17.9 Å². The normalized spacial score (nSPS) is 19.0. The van der Waals surface area contributed by atoms with Crippen LogP contribution in [0.2, 0.25) is 0 Å². The standard InChI is InChI=1S/C26H30F3N7O3/c1-15-24(16(2)35(32-15)14-23(37)34-9-4-5-10-34)31-25(38)20-13-22-30-19(17-7-6-8-18(11-17)39-3)12-21(26(27,28)29)36(22)33-20/h6-8,11,13,19,21,30H,4-5,9-10,12,14H2,1-3H3,(H,31,38)/t19-,21+/m0/s1. The molecule has 10 nitrogen and oxygen atoms in total. The molecular weight excluding hydrogens is 515 g/mol. The van der Waals surface area contributed by atoms with Crippen molar-refractivity contribution in [1.29, 1.82) is 0 Å². The first-order chi connectivity index (χ1) is 18.5. The number of benzene rings is 1. The number of anilines is 2. The number of amides is 2. The average Bonchev–Trinajstić information content (AvgIpc) is 3.64. The van der Waals surface area contributed by atoms with E-state index in [1.54, 1.807) is 43.0 Å². The van der Waals surface area contributed by atoms with Gasteiger partial charge in [0.1, 0.15) is 18.1 Å². The van der Waals surface area contributed by atoms with Crippen LogP contribution in [-0.2, 0) is 11.3 Å². The molecule has 0 radical (unpaired) electrons. The summed E-state index contributed by atoms with van der Waals surface area (Å²) in [5.41, 5.74) is 1.92. The third kappa shape index (κ3) is 5.30. The Hall–Kier alpha value is -4.03. The number of hydrogen-bond donors (Lipinski definition) is 2. The van der Waals surface area contributed by atoms with Crippen LogP contribution in [-0.4, -0.2) is 62.7 Å². The van der Waals surface area contributed by atoms with E-state index in [1.807, 2.05) is 0 Å². The van der Waals surface area contributed by atoms with Gasteiger partial charge in [0.15, 0.2) is 11.7 Å². The number of carbonyl (C=O) groups excluding carboxylic acids is 2. The summed E-state index contributed by atoms with van der Waals surface area (Å²) in [4.78, 5) is 27.5. The van der Waals surface area contributed by atoms with E-state index in [0.717, 1.165) is 30.6 Å². The molecule has 2 aliphatic heterocycles. The number of ether oxygens (including phenoxy) is 1. The zero-order valence-corrected chi connectivity index (χ0v) is 21.9.